The van der Waals surface area contributed by atoms with E-state index in [1.54, 1.807) is 0 Å². The van der Waals surface area contributed by atoms with Gasteiger partial charge in [-0.1, -0.05) is 15.9 Å². The fourth-order valence-electron chi connectivity index (χ4n) is 2.46. The van der Waals surface area contributed by atoms with Gasteiger partial charge in [-0.3, -0.25) is 10.1 Å². The summed E-state index contributed by atoms with van der Waals surface area (Å²) in [5.41, 5.74) is -0.393. The molecular formula is C12H16BrN3O4S. The van der Waals surface area contributed by atoms with Crippen LogP contribution in [-0.4, -0.2) is 44.3 Å². The van der Waals surface area contributed by atoms with Gasteiger partial charge in [0.05, 0.1) is 4.92 Å². The number of halogens is 1. The van der Waals surface area contributed by atoms with Gasteiger partial charge in [-0.25, -0.2) is 8.42 Å². The van der Waals surface area contributed by atoms with Gasteiger partial charge in [0, 0.05) is 23.6 Å². The average molecular weight is 378 g/mol. The molecule has 0 saturated carbocycles. The van der Waals surface area contributed by atoms with Crippen LogP contribution in [0.4, 0.5) is 5.69 Å². The molecule has 0 radical (unpaired) electrons. The molecule has 1 atom stereocenters. The van der Waals surface area contributed by atoms with Crippen molar-refractivity contribution < 1.29 is 13.3 Å². The van der Waals surface area contributed by atoms with Crippen LogP contribution in [0.5, 0.6) is 0 Å². The van der Waals surface area contributed by atoms with Crippen molar-refractivity contribution in [1.82, 2.24) is 9.62 Å². The molecule has 2 rings (SSSR count). The Hall–Kier alpha value is -1.03. The topological polar surface area (TPSA) is 92.6 Å². The summed E-state index contributed by atoms with van der Waals surface area (Å²) in [6.07, 6.45) is 0.752. The van der Waals surface area contributed by atoms with E-state index in [4.69, 9.17) is 0 Å². The maximum absolute atomic E-state index is 12.6. The molecule has 21 heavy (non-hydrogen) atoms. The van der Waals surface area contributed by atoms with Crippen molar-refractivity contribution in [2.24, 2.45) is 5.92 Å². The van der Waals surface area contributed by atoms with Crippen molar-refractivity contribution in [3.8, 4) is 0 Å². The number of rotatable bonds is 5. The molecule has 0 aliphatic carbocycles. The first-order valence-electron chi connectivity index (χ1n) is 6.45. The van der Waals surface area contributed by atoms with Gasteiger partial charge < -0.3 is 5.32 Å². The van der Waals surface area contributed by atoms with E-state index in [-0.39, 0.29) is 10.8 Å². The van der Waals surface area contributed by atoms with Gasteiger partial charge in [-0.2, -0.15) is 4.31 Å². The van der Waals surface area contributed by atoms with Gasteiger partial charge in [0.2, 0.25) is 10.0 Å². The van der Waals surface area contributed by atoms with Gasteiger partial charge in [0.25, 0.3) is 5.69 Å². The molecule has 1 N–H and O–H groups in total. The van der Waals surface area contributed by atoms with Gasteiger partial charge in [0.1, 0.15) is 0 Å². The predicted molar refractivity (Wildman–Crippen MR) is 81.6 cm³/mol. The quantitative estimate of drug-likeness (QED) is 0.621. The van der Waals surface area contributed by atoms with Crippen LogP contribution < -0.4 is 5.32 Å². The summed E-state index contributed by atoms with van der Waals surface area (Å²) >= 11 is 3.17. The third-order valence-electron chi connectivity index (χ3n) is 3.48. The number of hydrogen-bond donors (Lipinski definition) is 1. The Morgan fingerprint density at radius 1 is 1.52 bits per heavy atom. The molecule has 9 heteroatoms. The van der Waals surface area contributed by atoms with Crippen molar-refractivity contribution in [3.63, 3.8) is 0 Å². The highest BCUT2D eigenvalue weighted by Gasteiger charge is 2.36. The van der Waals surface area contributed by atoms with Crippen molar-refractivity contribution in [2.75, 3.05) is 26.7 Å². The van der Waals surface area contributed by atoms with Crippen molar-refractivity contribution >= 4 is 31.6 Å². The van der Waals surface area contributed by atoms with Crippen LogP contribution in [0.15, 0.2) is 27.6 Å². The number of nitro groups is 1. The van der Waals surface area contributed by atoms with E-state index in [1.165, 1.54) is 22.5 Å². The van der Waals surface area contributed by atoms with Crippen LogP contribution in [0, 0.1) is 16.0 Å². The number of nitrogens with zero attached hydrogens (tertiary/aromatic N) is 2. The summed E-state index contributed by atoms with van der Waals surface area (Å²) in [5, 5.41) is 14.1. The Bertz CT molecular complexity index is 650. The summed E-state index contributed by atoms with van der Waals surface area (Å²) in [5.74, 6) is 0.232. The second kappa shape index (κ2) is 6.39. The van der Waals surface area contributed by atoms with E-state index in [0.717, 1.165) is 13.0 Å². The first-order valence-corrected chi connectivity index (χ1v) is 8.68. The fraction of sp³-hybridized carbons (Fsp3) is 0.500. The molecule has 1 unspecified atom stereocenters. The van der Waals surface area contributed by atoms with Gasteiger partial charge in [-0.05, 0) is 38.1 Å². The van der Waals surface area contributed by atoms with Crippen LogP contribution >= 0.6 is 15.9 Å². The van der Waals surface area contributed by atoms with E-state index in [0.29, 0.717) is 17.6 Å². The van der Waals surface area contributed by atoms with Gasteiger partial charge in [-0.15, -0.1) is 0 Å². The second-order valence-electron chi connectivity index (χ2n) is 4.94. The molecule has 1 aliphatic rings. The first-order chi connectivity index (χ1) is 9.86. The molecule has 0 bridgehead atoms. The van der Waals surface area contributed by atoms with E-state index >= 15 is 0 Å². The van der Waals surface area contributed by atoms with Crippen LogP contribution in [-0.2, 0) is 10.0 Å². The minimum absolute atomic E-state index is 0.232. The minimum Gasteiger partial charge on any atom is -0.319 e. The zero-order valence-electron chi connectivity index (χ0n) is 11.5. The maximum Gasteiger partial charge on any atom is 0.289 e. The summed E-state index contributed by atoms with van der Waals surface area (Å²) in [6.45, 7) is 1.50. The smallest absolute Gasteiger partial charge is 0.289 e. The summed E-state index contributed by atoms with van der Waals surface area (Å²) < 4.78 is 27.1. The number of nitro benzene ring substituents is 1. The Kier molecular flexibility index (Phi) is 4.97. The molecule has 0 spiro atoms. The number of sulfonamides is 1. The molecule has 0 aromatic heterocycles. The van der Waals surface area contributed by atoms with Crippen LogP contribution in [0.2, 0.25) is 0 Å². The van der Waals surface area contributed by atoms with Crippen LogP contribution in [0.1, 0.15) is 6.42 Å². The lowest BCUT2D eigenvalue weighted by Crippen LogP contribution is -2.31. The zero-order valence-corrected chi connectivity index (χ0v) is 13.9. The Morgan fingerprint density at radius 3 is 2.86 bits per heavy atom. The highest BCUT2D eigenvalue weighted by Crippen LogP contribution is 2.32. The highest BCUT2D eigenvalue weighted by atomic mass is 79.9. The van der Waals surface area contributed by atoms with Crippen molar-refractivity contribution in [3.05, 3.63) is 32.8 Å². The third-order valence-corrected chi connectivity index (χ3v) is 5.87. The Balaban J connectivity index is 2.36. The lowest BCUT2D eigenvalue weighted by atomic mass is 10.1. The SMILES string of the molecule is CNCC1CCN(S(=O)(=O)c2cc(Br)ccc2[N+](=O)[O-])C1. The molecule has 0 amide bonds. The number of hydrogen-bond acceptors (Lipinski definition) is 5. The maximum atomic E-state index is 12.6. The van der Waals surface area contributed by atoms with Gasteiger partial charge in [0.15, 0.2) is 4.90 Å². The summed E-state index contributed by atoms with van der Waals surface area (Å²) in [7, 11) is -2.04. The van der Waals surface area contributed by atoms with Crippen molar-refractivity contribution in [1.29, 1.82) is 0 Å². The monoisotopic (exact) mass is 377 g/mol. The van der Waals surface area contributed by atoms with E-state index in [1.807, 2.05) is 7.05 Å². The molecule has 1 fully saturated rings. The largest absolute Gasteiger partial charge is 0.319 e. The average Bonchev–Trinajstić information content (AvgIpc) is 2.88. The highest BCUT2D eigenvalue weighted by molar-refractivity contribution is 9.10. The summed E-state index contributed by atoms with van der Waals surface area (Å²) in [6, 6.07) is 3.96. The molecule has 1 aromatic carbocycles. The van der Waals surface area contributed by atoms with Gasteiger partial charge >= 0.3 is 0 Å². The number of nitrogens with one attached hydrogen (secondary N) is 1. The fourth-order valence-corrected chi connectivity index (χ4v) is 4.68. The van der Waals surface area contributed by atoms with Crippen LogP contribution in [0.3, 0.4) is 0 Å². The van der Waals surface area contributed by atoms with E-state index in [2.05, 4.69) is 21.2 Å². The zero-order chi connectivity index (χ0) is 15.6. The lowest BCUT2D eigenvalue weighted by Gasteiger charge is -2.16. The van der Waals surface area contributed by atoms with Crippen molar-refractivity contribution in [2.45, 2.75) is 11.3 Å². The molecule has 1 aromatic rings. The summed E-state index contributed by atoms with van der Waals surface area (Å²) in [4.78, 5) is 10.1. The molecular weight excluding hydrogens is 362 g/mol. The van der Waals surface area contributed by atoms with E-state index < -0.39 is 20.6 Å². The Morgan fingerprint density at radius 2 is 2.24 bits per heavy atom. The first kappa shape index (κ1) is 16.3. The van der Waals surface area contributed by atoms with E-state index in [9.17, 15) is 18.5 Å². The molecule has 1 heterocycles. The molecule has 1 aliphatic heterocycles. The number of benzene rings is 1. The normalized spacial score (nSPS) is 19.8. The standard InChI is InChI=1S/C12H16BrN3O4S/c1-14-7-9-4-5-15(8-9)21(19,20)12-6-10(13)2-3-11(12)16(17)18/h2-3,6,9,14H,4-5,7-8H2,1H3. The predicted octanol–water partition coefficient (Wildman–Crippen LogP) is 1.59. The second-order valence-corrected chi connectivity index (χ2v) is 7.77. The molecule has 116 valence electrons. The van der Waals surface area contributed by atoms with Crippen LogP contribution in [0.25, 0.3) is 0 Å². The Labute approximate surface area is 131 Å². The molecule has 1 saturated heterocycles. The lowest BCUT2D eigenvalue weighted by molar-refractivity contribution is -0.387. The third kappa shape index (κ3) is 3.42. The minimum atomic E-state index is -3.85. The molecule has 7 nitrogen and oxygen atoms in total.